The molecule has 0 aliphatic rings. The molecule has 1 unspecified atom stereocenters. The SMILES string of the molecule is COc1cc(OC)c(N)c(C(=O)NCCS(C)=O)c1. The van der Waals surface area contributed by atoms with Gasteiger partial charge in [-0.15, -0.1) is 0 Å². The summed E-state index contributed by atoms with van der Waals surface area (Å²) < 4.78 is 21.1. The zero-order valence-electron chi connectivity index (χ0n) is 11.2. The van der Waals surface area contributed by atoms with Gasteiger partial charge in [0.15, 0.2) is 0 Å². The van der Waals surface area contributed by atoms with E-state index in [0.29, 0.717) is 23.8 Å². The Bertz CT molecular complexity index is 491. The van der Waals surface area contributed by atoms with Crippen LogP contribution in [0.1, 0.15) is 10.4 Å². The number of nitrogen functional groups attached to an aromatic ring is 1. The summed E-state index contributed by atoms with van der Waals surface area (Å²) in [4.78, 5) is 12.0. The minimum absolute atomic E-state index is 0.249. The van der Waals surface area contributed by atoms with Crippen molar-refractivity contribution in [3.63, 3.8) is 0 Å². The molecule has 1 amide bonds. The molecule has 7 heteroatoms. The van der Waals surface area contributed by atoms with Gasteiger partial charge in [0.1, 0.15) is 11.5 Å². The third-order valence-corrected chi connectivity index (χ3v) is 3.27. The molecule has 106 valence electrons. The van der Waals surface area contributed by atoms with Crippen LogP contribution in [0, 0.1) is 0 Å². The number of amides is 1. The summed E-state index contributed by atoms with van der Waals surface area (Å²) >= 11 is 0. The van der Waals surface area contributed by atoms with E-state index in [1.165, 1.54) is 20.3 Å². The second-order valence-corrected chi connectivity index (χ2v) is 5.38. The molecule has 0 aliphatic carbocycles. The van der Waals surface area contributed by atoms with Crippen LogP contribution in [0.25, 0.3) is 0 Å². The van der Waals surface area contributed by atoms with Crippen LogP contribution in [0.5, 0.6) is 11.5 Å². The number of nitrogens with one attached hydrogen (secondary N) is 1. The topological polar surface area (TPSA) is 90.7 Å². The monoisotopic (exact) mass is 286 g/mol. The molecule has 1 aromatic rings. The van der Waals surface area contributed by atoms with Gasteiger partial charge < -0.3 is 20.5 Å². The molecule has 0 fully saturated rings. The molecule has 0 spiro atoms. The first-order valence-corrected chi connectivity index (χ1v) is 7.32. The van der Waals surface area contributed by atoms with Gasteiger partial charge in [-0.05, 0) is 6.07 Å². The van der Waals surface area contributed by atoms with E-state index in [0.717, 1.165) is 0 Å². The molecule has 0 saturated carbocycles. The van der Waals surface area contributed by atoms with E-state index in [4.69, 9.17) is 15.2 Å². The number of rotatable bonds is 6. The fraction of sp³-hybridized carbons (Fsp3) is 0.417. The molecule has 0 bridgehead atoms. The van der Waals surface area contributed by atoms with Crippen LogP contribution >= 0.6 is 0 Å². The zero-order valence-corrected chi connectivity index (χ0v) is 12.0. The Hall–Kier alpha value is -1.76. The van der Waals surface area contributed by atoms with Gasteiger partial charge in [0, 0.05) is 35.4 Å². The second-order valence-electron chi connectivity index (χ2n) is 3.82. The molecule has 1 rings (SSSR count). The predicted octanol–water partition coefficient (Wildman–Crippen LogP) is 0.394. The molecular weight excluding hydrogens is 268 g/mol. The molecule has 0 aliphatic heterocycles. The number of carbonyl (C=O) groups excluding carboxylic acids is 1. The molecule has 0 aromatic heterocycles. The number of hydrogen-bond acceptors (Lipinski definition) is 5. The van der Waals surface area contributed by atoms with Crippen LogP contribution in [0.4, 0.5) is 5.69 Å². The van der Waals surface area contributed by atoms with E-state index in [1.807, 2.05) is 0 Å². The van der Waals surface area contributed by atoms with Crippen LogP contribution in [-0.4, -0.2) is 42.9 Å². The fourth-order valence-electron chi connectivity index (χ4n) is 1.48. The summed E-state index contributed by atoms with van der Waals surface area (Å²) in [6.45, 7) is 0.320. The molecule has 19 heavy (non-hydrogen) atoms. The van der Waals surface area contributed by atoms with Gasteiger partial charge in [-0.2, -0.15) is 0 Å². The third kappa shape index (κ3) is 4.13. The molecule has 6 nitrogen and oxygen atoms in total. The van der Waals surface area contributed by atoms with Crippen LogP contribution in [-0.2, 0) is 10.8 Å². The van der Waals surface area contributed by atoms with Gasteiger partial charge >= 0.3 is 0 Å². The van der Waals surface area contributed by atoms with Crippen molar-refractivity contribution < 1.29 is 18.5 Å². The van der Waals surface area contributed by atoms with Crippen LogP contribution in [0.3, 0.4) is 0 Å². The van der Waals surface area contributed by atoms with Crippen molar-refractivity contribution >= 4 is 22.4 Å². The van der Waals surface area contributed by atoms with E-state index in [9.17, 15) is 9.00 Å². The number of hydrogen-bond donors (Lipinski definition) is 2. The molecule has 0 saturated heterocycles. The fourth-order valence-corrected chi connectivity index (χ4v) is 1.87. The maximum Gasteiger partial charge on any atom is 0.253 e. The van der Waals surface area contributed by atoms with Gasteiger partial charge in [0.2, 0.25) is 0 Å². The molecule has 0 heterocycles. The van der Waals surface area contributed by atoms with Crippen molar-refractivity contribution in [3.8, 4) is 11.5 Å². The van der Waals surface area contributed by atoms with Crippen molar-refractivity contribution in [2.75, 3.05) is 38.5 Å². The highest BCUT2D eigenvalue weighted by atomic mass is 32.2. The predicted molar refractivity (Wildman–Crippen MR) is 75.2 cm³/mol. The van der Waals surface area contributed by atoms with Crippen LogP contribution in [0.15, 0.2) is 12.1 Å². The Morgan fingerprint density at radius 3 is 2.58 bits per heavy atom. The van der Waals surface area contributed by atoms with Crippen LogP contribution < -0.4 is 20.5 Å². The highest BCUT2D eigenvalue weighted by Gasteiger charge is 2.15. The van der Waals surface area contributed by atoms with E-state index >= 15 is 0 Å². The average Bonchev–Trinajstić information content (AvgIpc) is 2.38. The number of methoxy groups -OCH3 is 2. The average molecular weight is 286 g/mol. The van der Waals surface area contributed by atoms with Crippen LogP contribution in [0.2, 0.25) is 0 Å². The van der Waals surface area contributed by atoms with E-state index in [-0.39, 0.29) is 17.2 Å². The van der Waals surface area contributed by atoms with E-state index in [2.05, 4.69) is 5.32 Å². The minimum Gasteiger partial charge on any atom is -0.497 e. The Morgan fingerprint density at radius 2 is 2.05 bits per heavy atom. The van der Waals surface area contributed by atoms with Gasteiger partial charge in [-0.25, -0.2) is 0 Å². The smallest absolute Gasteiger partial charge is 0.253 e. The van der Waals surface area contributed by atoms with Crippen molar-refractivity contribution in [3.05, 3.63) is 17.7 Å². The molecule has 0 radical (unpaired) electrons. The van der Waals surface area contributed by atoms with Crippen molar-refractivity contribution in [1.82, 2.24) is 5.32 Å². The van der Waals surface area contributed by atoms with E-state index in [1.54, 1.807) is 12.3 Å². The standard InChI is InChI=1S/C12H18N2O4S/c1-17-8-6-9(11(13)10(7-8)18-2)12(15)14-4-5-19(3)16/h6-7H,4-5,13H2,1-3H3,(H,14,15). The summed E-state index contributed by atoms with van der Waals surface area (Å²) in [7, 11) is 2.01. The second kappa shape index (κ2) is 6.98. The number of ether oxygens (including phenoxy) is 2. The number of carbonyl (C=O) groups is 1. The number of benzene rings is 1. The lowest BCUT2D eigenvalue weighted by Crippen LogP contribution is -2.28. The Morgan fingerprint density at radius 1 is 1.37 bits per heavy atom. The summed E-state index contributed by atoms with van der Waals surface area (Å²) in [5.41, 5.74) is 6.37. The Balaban J connectivity index is 2.91. The first kappa shape index (κ1) is 15.3. The highest BCUT2D eigenvalue weighted by Crippen LogP contribution is 2.30. The van der Waals surface area contributed by atoms with Gasteiger partial charge in [0.25, 0.3) is 5.91 Å². The van der Waals surface area contributed by atoms with Crippen molar-refractivity contribution in [2.24, 2.45) is 0 Å². The van der Waals surface area contributed by atoms with Gasteiger partial charge in [-0.3, -0.25) is 9.00 Å². The summed E-state index contributed by atoms with van der Waals surface area (Å²) in [6.07, 6.45) is 1.58. The lowest BCUT2D eigenvalue weighted by Gasteiger charge is -2.12. The summed E-state index contributed by atoms with van der Waals surface area (Å²) in [5, 5.41) is 2.65. The maximum atomic E-state index is 12.0. The van der Waals surface area contributed by atoms with Gasteiger partial charge in [-0.1, -0.05) is 0 Å². The van der Waals surface area contributed by atoms with Gasteiger partial charge in [0.05, 0.1) is 25.5 Å². The lowest BCUT2D eigenvalue weighted by molar-refractivity contribution is 0.0956. The van der Waals surface area contributed by atoms with Crippen molar-refractivity contribution in [2.45, 2.75) is 0 Å². The quantitative estimate of drug-likeness (QED) is 0.738. The normalized spacial score (nSPS) is 11.7. The molecule has 1 aromatic carbocycles. The first-order valence-electron chi connectivity index (χ1n) is 5.59. The Kier molecular flexibility index (Phi) is 5.62. The largest absolute Gasteiger partial charge is 0.497 e. The summed E-state index contributed by atoms with van der Waals surface area (Å²) in [5.74, 6) is 0.909. The first-order chi connectivity index (χ1) is 8.99. The molecule has 1 atom stereocenters. The highest BCUT2D eigenvalue weighted by molar-refractivity contribution is 7.84. The lowest BCUT2D eigenvalue weighted by atomic mass is 10.1. The minimum atomic E-state index is -0.951. The number of nitrogens with two attached hydrogens (primary N) is 1. The van der Waals surface area contributed by atoms with Crippen molar-refractivity contribution in [1.29, 1.82) is 0 Å². The number of anilines is 1. The third-order valence-electron chi connectivity index (χ3n) is 2.49. The van der Waals surface area contributed by atoms with E-state index < -0.39 is 10.8 Å². The molecule has 3 N–H and O–H groups in total. The summed E-state index contributed by atoms with van der Waals surface area (Å²) in [6, 6.07) is 3.14. The maximum absolute atomic E-state index is 12.0. The molecular formula is C12H18N2O4S. The zero-order chi connectivity index (χ0) is 14.4. The Labute approximate surface area is 114 Å².